The van der Waals surface area contributed by atoms with Crippen molar-refractivity contribution in [2.24, 2.45) is 17.6 Å². The highest BCUT2D eigenvalue weighted by Gasteiger charge is 2.60. The molecule has 0 aromatic carbocycles. The van der Waals surface area contributed by atoms with Crippen LogP contribution in [0.5, 0.6) is 0 Å². The summed E-state index contributed by atoms with van der Waals surface area (Å²) in [5, 5.41) is 38.0. The van der Waals surface area contributed by atoms with E-state index in [9.17, 15) is 24.6 Å². The summed E-state index contributed by atoms with van der Waals surface area (Å²) in [5.74, 6) is -1.86. The molecular weight excluding hydrogens is 514 g/mol. The van der Waals surface area contributed by atoms with Crippen LogP contribution in [0.3, 0.4) is 0 Å². The third-order valence-corrected chi connectivity index (χ3v) is 9.71. The maximum atomic E-state index is 13.1. The predicted octanol–water partition coefficient (Wildman–Crippen LogP) is -1.85. The van der Waals surface area contributed by atoms with Crippen molar-refractivity contribution in [1.82, 2.24) is 40.6 Å². The molecule has 0 spiro atoms. The summed E-state index contributed by atoms with van der Waals surface area (Å²) in [4.78, 5) is 42.0. The summed E-state index contributed by atoms with van der Waals surface area (Å²) in [6, 6.07) is -0.878. The van der Waals surface area contributed by atoms with Gasteiger partial charge in [-0.3, -0.25) is 9.59 Å². The van der Waals surface area contributed by atoms with Gasteiger partial charge in [-0.2, -0.15) is 0 Å². The summed E-state index contributed by atoms with van der Waals surface area (Å²) in [6.45, 7) is 6.87. The van der Waals surface area contributed by atoms with Crippen LogP contribution in [0.4, 0.5) is 0 Å². The van der Waals surface area contributed by atoms with Gasteiger partial charge in [-0.15, -0.1) is 16.9 Å². The molecule has 1 aromatic rings. The summed E-state index contributed by atoms with van der Waals surface area (Å²) < 4.78 is 1.30. The highest BCUT2D eigenvalue weighted by atomic mass is 32.2. The minimum atomic E-state index is -1.09. The number of fused-ring (bicyclic) bond motifs is 1. The molecule has 208 valence electrons. The highest BCUT2D eigenvalue weighted by Crippen LogP contribution is 2.53. The molecule has 5 rings (SSSR count). The first-order valence-electron chi connectivity index (χ1n) is 13.0. The minimum absolute atomic E-state index is 0.00112. The van der Waals surface area contributed by atoms with E-state index in [-0.39, 0.29) is 65.3 Å². The monoisotopic (exact) mass is 549 g/mol. The van der Waals surface area contributed by atoms with E-state index in [0.717, 1.165) is 6.42 Å². The summed E-state index contributed by atoms with van der Waals surface area (Å²) in [5.41, 5.74) is 6.15. The van der Waals surface area contributed by atoms with E-state index in [1.807, 2.05) is 25.7 Å². The Morgan fingerprint density at radius 3 is 2.71 bits per heavy atom. The molecule has 4 aliphatic rings. The molecule has 1 unspecified atom stereocenters. The van der Waals surface area contributed by atoms with Gasteiger partial charge in [0, 0.05) is 59.2 Å². The number of amides is 2. The number of hydrogen-bond donors (Lipinski definition) is 5. The molecule has 14 nitrogen and oxygen atoms in total. The van der Waals surface area contributed by atoms with Crippen LogP contribution in [0.15, 0.2) is 16.9 Å². The molecule has 2 amide bonds. The standard InChI is InChI=1S/C23H35N9O5S/c1-10-4-13(24)7-31(10)21(34)15-5-14(6-25-15)38-20-11(2)18-17(22(35)32(18)19(20)23(36)37)12(3)27-16(33)8-30-9-26-28-29-30/h9-15,17-18,22,25,35H,4-8,24H2,1-3H3,(H,27,33)(H,36,37)/t10-,11-,12-,13+,14+,15+,17-,18-,22?/m1/s1. The number of aromatic nitrogens is 4. The van der Waals surface area contributed by atoms with E-state index in [1.165, 1.54) is 22.8 Å². The van der Waals surface area contributed by atoms with Crippen molar-refractivity contribution in [2.45, 2.75) is 81.8 Å². The maximum absolute atomic E-state index is 13.1. The minimum Gasteiger partial charge on any atom is -0.477 e. The van der Waals surface area contributed by atoms with Crippen LogP contribution >= 0.6 is 11.8 Å². The van der Waals surface area contributed by atoms with E-state index in [4.69, 9.17) is 5.73 Å². The summed E-state index contributed by atoms with van der Waals surface area (Å²) in [7, 11) is 0. The van der Waals surface area contributed by atoms with Gasteiger partial charge in [0.2, 0.25) is 11.8 Å². The van der Waals surface area contributed by atoms with Crippen molar-refractivity contribution >= 4 is 29.5 Å². The van der Waals surface area contributed by atoms with Crippen LogP contribution < -0.4 is 16.4 Å². The molecule has 3 fully saturated rings. The third-order valence-electron chi connectivity index (χ3n) is 8.20. The van der Waals surface area contributed by atoms with Crippen molar-refractivity contribution in [1.29, 1.82) is 0 Å². The number of tetrazole rings is 1. The number of hydrogen-bond acceptors (Lipinski definition) is 11. The normalized spacial score (nSPS) is 35.3. The second-order valence-electron chi connectivity index (χ2n) is 10.8. The molecular formula is C23H35N9O5S. The summed E-state index contributed by atoms with van der Waals surface area (Å²) >= 11 is 1.48. The van der Waals surface area contributed by atoms with E-state index in [0.29, 0.717) is 24.4 Å². The van der Waals surface area contributed by atoms with Gasteiger partial charge in [0.1, 0.15) is 24.8 Å². The van der Waals surface area contributed by atoms with Crippen molar-refractivity contribution < 1.29 is 24.6 Å². The molecule has 0 bridgehead atoms. The first-order chi connectivity index (χ1) is 18.1. The van der Waals surface area contributed by atoms with Gasteiger partial charge in [0.15, 0.2) is 0 Å². The van der Waals surface area contributed by atoms with Crippen LogP contribution in [0.25, 0.3) is 0 Å². The molecule has 0 radical (unpaired) electrons. The van der Waals surface area contributed by atoms with Gasteiger partial charge >= 0.3 is 5.97 Å². The topological polar surface area (TPSA) is 192 Å². The number of rotatable bonds is 8. The Labute approximate surface area is 224 Å². The molecule has 15 heteroatoms. The number of carbonyl (C=O) groups excluding carboxylic acids is 2. The van der Waals surface area contributed by atoms with Crippen LogP contribution in [0.1, 0.15) is 33.6 Å². The Bertz CT molecular complexity index is 1120. The molecule has 0 saturated carbocycles. The van der Waals surface area contributed by atoms with Gasteiger partial charge in [-0.25, -0.2) is 9.48 Å². The average Bonchev–Trinajstić information content (AvgIpc) is 3.62. The first-order valence-corrected chi connectivity index (χ1v) is 13.8. The predicted molar refractivity (Wildman–Crippen MR) is 136 cm³/mol. The van der Waals surface area contributed by atoms with E-state index >= 15 is 0 Å². The molecule has 9 atom stereocenters. The lowest BCUT2D eigenvalue weighted by Gasteiger charge is -2.54. The number of aliphatic carboxylic acids is 1. The molecule has 5 heterocycles. The lowest BCUT2D eigenvalue weighted by molar-refractivity contribution is -0.175. The number of carboxylic acids is 1. The molecule has 4 aliphatic heterocycles. The lowest BCUT2D eigenvalue weighted by Crippen LogP contribution is -2.68. The number of aliphatic hydroxyl groups excluding tert-OH is 1. The van der Waals surface area contributed by atoms with Crippen LogP contribution in [0, 0.1) is 11.8 Å². The third kappa shape index (κ3) is 4.76. The fourth-order valence-corrected chi connectivity index (χ4v) is 7.93. The molecule has 38 heavy (non-hydrogen) atoms. The molecule has 6 N–H and O–H groups in total. The van der Waals surface area contributed by atoms with E-state index < -0.39 is 18.2 Å². The number of nitrogens with zero attached hydrogens (tertiary/aromatic N) is 6. The Hall–Kier alpha value is -2.75. The van der Waals surface area contributed by atoms with Crippen molar-refractivity contribution in [3.63, 3.8) is 0 Å². The smallest absolute Gasteiger partial charge is 0.353 e. The van der Waals surface area contributed by atoms with Crippen LogP contribution in [-0.2, 0) is 20.9 Å². The van der Waals surface area contributed by atoms with Crippen molar-refractivity contribution in [3.8, 4) is 0 Å². The summed E-state index contributed by atoms with van der Waals surface area (Å²) in [6.07, 6.45) is 1.68. The largest absolute Gasteiger partial charge is 0.477 e. The zero-order valence-corrected chi connectivity index (χ0v) is 22.4. The zero-order chi connectivity index (χ0) is 27.3. The van der Waals surface area contributed by atoms with Gasteiger partial charge in [-0.1, -0.05) is 6.92 Å². The number of carbonyl (C=O) groups is 3. The fraction of sp³-hybridized carbons (Fsp3) is 0.739. The quantitative estimate of drug-likeness (QED) is 0.244. The Balaban J connectivity index is 1.23. The van der Waals surface area contributed by atoms with Gasteiger partial charge in [0.25, 0.3) is 0 Å². The maximum Gasteiger partial charge on any atom is 0.353 e. The first kappa shape index (κ1) is 26.8. The Kier molecular flexibility index (Phi) is 7.37. The van der Waals surface area contributed by atoms with E-state index in [1.54, 1.807) is 4.90 Å². The van der Waals surface area contributed by atoms with Gasteiger partial charge < -0.3 is 36.4 Å². The van der Waals surface area contributed by atoms with Gasteiger partial charge in [0.05, 0.1) is 6.04 Å². The zero-order valence-electron chi connectivity index (χ0n) is 21.6. The van der Waals surface area contributed by atoms with Crippen LogP contribution in [-0.4, -0.2) is 113 Å². The molecule has 0 aliphatic carbocycles. The fourth-order valence-electron chi connectivity index (χ4n) is 6.44. The second-order valence-corrected chi connectivity index (χ2v) is 12.2. The van der Waals surface area contributed by atoms with E-state index in [2.05, 4.69) is 26.2 Å². The number of likely N-dealkylation sites (tertiary alicyclic amines) is 1. The number of nitrogens with two attached hydrogens (primary N) is 1. The second kappa shape index (κ2) is 10.4. The van der Waals surface area contributed by atoms with Gasteiger partial charge in [-0.05, 0) is 37.1 Å². The SMILES string of the molecule is C[C@@H]1C[C@H](N)CN1C(=O)[C@@H]1C[C@H](SC2=C(C(=O)O)N3C(O)[C@H]([C@@H](C)NC(=O)Cn4cnnn4)[C@H]3[C@H]2C)CN1. The van der Waals surface area contributed by atoms with Crippen LogP contribution in [0.2, 0.25) is 0 Å². The number of nitrogens with one attached hydrogen (secondary N) is 2. The van der Waals surface area contributed by atoms with Crippen molar-refractivity contribution in [2.75, 3.05) is 13.1 Å². The average molecular weight is 550 g/mol. The highest BCUT2D eigenvalue weighted by molar-refractivity contribution is 8.03. The number of thioether (sulfide) groups is 1. The van der Waals surface area contributed by atoms with Crippen molar-refractivity contribution in [3.05, 3.63) is 16.9 Å². The molecule has 1 aromatic heterocycles. The number of aliphatic hydroxyl groups is 1. The lowest BCUT2D eigenvalue weighted by atomic mass is 9.77. The molecule has 3 saturated heterocycles. The Morgan fingerprint density at radius 1 is 1.32 bits per heavy atom. The number of carboxylic acid groups (broad SMARTS) is 1. The Morgan fingerprint density at radius 2 is 2.08 bits per heavy atom.